The van der Waals surface area contributed by atoms with Crippen molar-refractivity contribution in [3.8, 4) is 16.9 Å². The number of nitrogens with zero attached hydrogens (tertiary/aromatic N) is 1. The van der Waals surface area contributed by atoms with Crippen LogP contribution in [0, 0.1) is 17.7 Å². The average molecular weight is 438 g/mol. The Labute approximate surface area is 186 Å². The second kappa shape index (κ2) is 8.54. The van der Waals surface area contributed by atoms with E-state index < -0.39 is 5.97 Å². The highest BCUT2D eigenvalue weighted by molar-refractivity contribution is 5.95. The molecule has 2 atom stereocenters. The number of carbonyl (C=O) groups is 1. The van der Waals surface area contributed by atoms with Gasteiger partial charge in [-0.05, 0) is 86.4 Å². The number of rotatable bonds is 7. The summed E-state index contributed by atoms with van der Waals surface area (Å²) < 4.78 is 19.4. The number of hydrogen-bond donors (Lipinski definition) is 3. The number of benzene rings is 1. The molecule has 168 valence electrons. The third-order valence-electron chi connectivity index (χ3n) is 7.08. The van der Waals surface area contributed by atoms with E-state index in [4.69, 9.17) is 9.84 Å². The Morgan fingerprint density at radius 1 is 1.22 bits per heavy atom. The van der Waals surface area contributed by atoms with Crippen molar-refractivity contribution in [1.82, 2.24) is 15.3 Å². The summed E-state index contributed by atoms with van der Waals surface area (Å²) in [6, 6.07) is 9.07. The van der Waals surface area contributed by atoms with E-state index in [-0.39, 0.29) is 11.7 Å². The van der Waals surface area contributed by atoms with Crippen molar-refractivity contribution in [3.05, 3.63) is 48.0 Å². The Bertz CT molecular complexity index is 1140. The molecule has 0 aliphatic heterocycles. The first-order valence-corrected chi connectivity index (χ1v) is 11.3. The predicted molar refractivity (Wildman–Crippen MR) is 120 cm³/mol. The number of aliphatic carboxylic acids is 1. The van der Waals surface area contributed by atoms with Gasteiger partial charge in [0, 0.05) is 28.9 Å². The standard InChI is InChI=1S/C25H28FN3O3/c1-32-23-7-4-16(26)11-20(23)18-8-9-27-24-21(18)12-22(29-24)14-2-5-17(6-3-14)28-13-15-10-19(15)25(30)31/h4,7-9,11-12,14-15,17,19,28H,2-3,5-6,10,13H2,1H3,(H,27,29)(H,30,31). The minimum atomic E-state index is -0.664. The maximum atomic E-state index is 14.0. The molecule has 0 bridgehead atoms. The van der Waals surface area contributed by atoms with E-state index in [0.717, 1.165) is 60.8 Å². The molecule has 7 heteroatoms. The Hall–Kier alpha value is -2.93. The van der Waals surface area contributed by atoms with Gasteiger partial charge in [-0.15, -0.1) is 0 Å². The lowest BCUT2D eigenvalue weighted by Crippen LogP contribution is -2.34. The molecule has 3 aromatic rings. The number of hydrogen-bond acceptors (Lipinski definition) is 4. The third kappa shape index (κ3) is 4.09. The van der Waals surface area contributed by atoms with E-state index >= 15 is 0 Å². The molecule has 2 aliphatic carbocycles. The fourth-order valence-electron chi connectivity index (χ4n) is 5.09. The molecule has 5 rings (SSSR count). The van der Waals surface area contributed by atoms with Gasteiger partial charge >= 0.3 is 5.97 Å². The van der Waals surface area contributed by atoms with Crippen LogP contribution in [0.1, 0.15) is 43.7 Å². The first kappa shape index (κ1) is 20.9. The number of methoxy groups -OCH3 is 1. The molecule has 2 saturated carbocycles. The van der Waals surface area contributed by atoms with Crippen molar-refractivity contribution in [2.45, 2.75) is 44.1 Å². The number of H-pyrrole nitrogens is 1. The summed E-state index contributed by atoms with van der Waals surface area (Å²) in [6.45, 7) is 0.807. The number of carboxylic acid groups (broad SMARTS) is 1. The molecule has 2 fully saturated rings. The van der Waals surface area contributed by atoms with Crippen molar-refractivity contribution in [3.63, 3.8) is 0 Å². The predicted octanol–water partition coefficient (Wildman–Crippen LogP) is 4.71. The van der Waals surface area contributed by atoms with E-state index in [1.165, 1.54) is 17.8 Å². The van der Waals surface area contributed by atoms with Crippen LogP contribution < -0.4 is 10.1 Å². The lowest BCUT2D eigenvalue weighted by atomic mass is 9.84. The quantitative estimate of drug-likeness (QED) is 0.498. The van der Waals surface area contributed by atoms with Crippen LogP contribution in [-0.2, 0) is 4.79 Å². The van der Waals surface area contributed by atoms with Gasteiger partial charge in [-0.25, -0.2) is 9.37 Å². The van der Waals surface area contributed by atoms with E-state index in [1.807, 2.05) is 6.07 Å². The topological polar surface area (TPSA) is 87.2 Å². The monoisotopic (exact) mass is 437 g/mol. The molecular weight excluding hydrogens is 409 g/mol. The number of aromatic nitrogens is 2. The Balaban J connectivity index is 1.29. The number of aromatic amines is 1. The van der Waals surface area contributed by atoms with Crippen LogP contribution in [0.3, 0.4) is 0 Å². The molecule has 2 aliphatic rings. The molecule has 0 spiro atoms. The first-order chi connectivity index (χ1) is 15.5. The van der Waals surface area contributed by atoms with E-state index in [9.17, 15) is 9.18 Å². The average Bonchev–Trinajstić information content (AvgIpc) is 3.46. The third-order valence-corrected chi connectivity index (χ3v) is 7.08. The summed E-state index contributed by atoms with van der Waals surface area (Å²) in [6.07, 6.45) is 6.82. The Morgan fingerprint density at radius 2 is 2.03 bits per heavy atom. The van der Waals surface area contributed by atoms with Crippen LogP contribution in [0.15, 0.2) is 36.5 Å². The van der Waals surface area contributed by atoms with Crippen molar-refractivity contribution >= 4 is 17.0 Å². The molecule has 2 heterocycles. The van der Waals surface area contributed by atoms with Gasteiger partial charge in [0.2, 0.25) is 0 Å². The number of nitrogens with one attached hydrogen (secondary N) is 2. The van der Waals surface area contributed by atoms with Crippen LogP contribution >= 0.6 is 0 Å². The van der Waals surface area contributed by atoms with E-state index in [0.29, 0.717) is 23.6 Å². The van der Waals surface area contributed by atoms with Gasteiger partial charge in [0.1, 0.15) is 17.2 Å². The van der Waals surface area contributed by atoms with Crippen LogP contribution in [0.25, 0.3) is 22.2 Å². The summed E-state index contributed by atoms with van der Waals surface area (Å²) in [4.78, 5) is 19.0. The zero-order valence-electron chi connectivity index (χ0n) is 18.1. The minimum absolute atomic E-state index is 0.149. The van der Waals surface area contributed by atoms with Crippen LogP contribution in [0.5, 0.6) is 5.75 Å². The number of fused-ring (bicyclic) bond motifs is 1. The summed E-state index contributed by atoms with van der Waals surface area (Å²) in [5.41, 5.74) is 3.60. The lowest BCUT2D eigenvalue weighted by molar-refractivity contribution is -0.138. The van der Waals surface area contributed by atoms with E-state index in [1.54, 1.807) is 19.4 Å². The number of halogens is 1. The smallest absolute Gasteiger partial charge is 0.306 e. The van der Waals surface area contributed by atoms with E-state index in [2.05, 4.69) is 21.4 Å². The maximum absolute atomic E-state index is 14.0. The summed E-state index contributed by atoms with van der Waals surface area (Å²) >= 11 is 0. The molecule has 0 amide bonds. The molecule has 1 aromatic carbocycles. The van der Waals surface area contributed by atoms with Crippen LogP contribution in [0.2, 0.25) is 0 Å². The van der Waals surface area contributed by atoms with Crippen molar-refractivity contribution in [1.29, 1.82) is 0 Å². The molecule has 0 radical (unpaired) electrons. The van der Waals surface area contributed by atoms with Crippen molar-refractivity contribution in [2.24, 2.45) is 11.8 Å². The molecule has 6 nitrogen and oxygen atoms in total. The highest BCUT2D eigenvalue weighted by Crippen LogP contribution is 2.40. The van der Waals surface area contributed by atoms with Gasteiger partial charge in [-0.2, -0.15) is 0 Å². The van der Waals surface area contributed by atoms with Crippen molar-refractivity contribution in [2.75, 3.05) is 13.7 Å². The van der Waals surface area contributed by atoms with Crippen molar-refractivity contribution < 1.29 is 19.0 Å². The largest absolute Gasteiger partial charge is 0.496 e. The van der Waals surface area contributed by atoms with Gasteiger partial charge in [-0.3, -0.25) is 4.79 Å². The Kier molecular flexibility index (Phi) is 5.59. The van der Waals surface area contributed by atoms with Crippen LogP contribution in [0.4, 0.5) is 4.39 Å². The van der Waals surface area contributed by atoms with Gasteiger partial charge in [0.15, 0.2) is 0 Å². The first-order valence-electron chi connectivity index (χ1n) is 11.3. The summed E-state index contributed by atoms with van der Waals surface area (Å²) in [7, 11) is 1.59. The fourth-order valence-corrected chi connectivity index (χ4v) is 5.09. The molecule has 0 saturated heterocycles. The molecule has 32 heavy (non-hydrogen) atoms. The molecule has 3 N–H and O–H groups in total. The maximum Gasteiger partial charge on any atom is 0.306 e. The number of carboxylic acids is 1. The number of pyridine rings is 1. The highest BCUT2D eigenvalue weighted by Gasteiger charge is 2.43. The van der Waals surface area contributed by atoms with Gasteiger partial charge in [0.05, 0.1) is 13.0 Å². The number of ether oxygens (including phenoxy) is 1. The second-order valence-electron chi connectivity index (χ2n) is 9.09. The lowest BCUT2D eigenvalue weighted by Gasteiger charge is -2.28. The Morgan fingerprint density at radius 3 is 2.75 bits per heavy atom. The molecular formula is C25H28FN3O3. The highest BCUT2D eigenvalue weighted by atomic mass is 19.1. The summed E-state index contributed by atoms with van der Waals surface area (Å²) in [5.74, 6) is 0.245. The molecule has 2 unspecified atom stereocenters. The van der Waals surface area contributed by atoms with Gasteiger partial charge in [-0.1, -0.05) is 0 Å². The van der Waals surface area contributed by atoms with Gasteiger partial charge in [0.25, 0.3) is 0 Å². The molecule has 2 aromatic heterocycles. The minimum Gasteiger partial charge on any atom is -0.496 e. The summed E-state index contributed by atoms with van der Waals surface area (Å²) in [5, 5.41) is 13.6. The SMILES string of the molecule is COc1ccc(F)cc1-c1ccnc2[nH]c(C3CCC(NCC4CC4C(=O)O)CC3)cc12. The zero-order valence-corrected chi connectivity index (χ0v) is 18.1. The van der Waals surface area contributed by atoms with Crippen LogP contribution in [-0.4, -0.2) is 40.7 Å². The zero-order chi connectivity index (χ0) is 22.2. The van der Waals surface area contributed by atoms with Gasteiger partial charge < -0.3 is 20.1 Å². The normalized spacial score (nSPS) is 25.1. The fraction of sp³-hybridized carbons (Fsp3) is 0.440. The second-order valence-corrected chi connectivity index (χ2v) is 9.09.